The Balaban J connectivity index is 1.52. The smallest absolute Gasteiger partial charge is 0.254 e. The zero-order valence-corrected chi connectivity index (χ0v) is 20.0. The van der Waals surface area contributed by atoms with E-state index in [0.717, 1.165) is 52.0 Å². The lowest BCUT2D eigenvalue weighted by molar-refractivity contribution is 0.246. The molecular formula is C29H31N3O2. The summed E-state index contributed by atoms with van der Waals surface area (Å²) in [5.74, 6) is 0.511. The van der Waals surface area contributed by atoms with Crippen molar-refractivity contribution in [2.24, 2.45) is 0 Å². The Kier molecular flexibility index (Phi) is 5.96. The van der Waals surface area contributed by atoms with E-state index < -0.39 is 0 Å². The number of aliphatic hydroxyl groups excluding tert-OH is 1. The highest BCUT2D eigenvalue weighted by atomic mass is 16.3. The van der Waals surface area contributed by atoms with Crippen LogP contribution in [0.2, 0.25) is 0 Å². The highest BCUT2D eigenvalue weighted by molar-refractivity contribution is 5.44. The van der Waals surface area contributed by atoms with Crippen molar-refractivity contribution in [3.8, 4) is 5.69 Å². The first-order valence-electron chi connectivity index (χ1n) is 12.0. The van der Waals surface area contributed by atoms with Crippen LogP contribution < -0.4 is 5.56 Å². The second kappa shape index (κ2) is 9.07. The molecule has 1 saturated carbocycles. The van der Waals surface area contributed by atoms with Crippen LogP contribution in [0, 0.1) is 20.8 Å². The van der Waals surface area contributed by atoms with Gasteiger partial charge < -0.3 is 14.2 Å². The van der Waals surface area contributed by atoms with Gasteiger partial charge in [0.1, 0.15) is 0 Å². The molecule has 5 heteroatoms. The fraction of sp³-hybridized carbons (Fsp3) is 0.310. The molecule has 174 valence electrons. The first-order valence-corrected chi connectivity index (χ1v) is 12.0. The van der Waals surface area contributed by atoms with E-state index in [1.165, 1.54) is 5.56 Å². The minimum atomic E-state index is -0.390. The molecule has 34 heavy (non-hydrogen) atoms. The van der Waals surface area contributed by atoms with E-state index in [1.54, 1.807) is 4.57 Å². The molecule has 5 nitrogen and oxygen atoms in total. The third-order valence-corrected chi connectivity index (χ3v) is 6.80. The summed E-state index contributed by atoms with van der Waals surface area (Å²) < 4.78 is 3.78. The SMILES string of the molecule is Cc1ccc([C@H](CO)n2cc(C3CC3)cc(Cc3ccc(-n4cnc(C)c4)c(C)c3)c2=O)cc1. The number of hydrogen-bond donors (Lipinski definition) is 1. The summed E-state index contributed by atoms with van der Waals surface area (Å²) in [6.45, 7) is 5.99. The first kappa shape index (κ1) is 22.4. The summed E-state index contributed by atoms with van der Waals surface area (Å²) in [6.07, 6.45) is 8.69. The zero-order chi connectivity index (χ0) is 23.8. The van der Waals surface area contributed by atoms with Gasteiger partial charge in [0.2, 0.25) is 0 Å². The van der Waals surface area contributed by atoms with E-state index in [0.29, 0.717) is 12.3 Å². The van der Waals surface area contributed by atoms with Crippen molar-refractivity contribution in [1.29, 1.82) is 0 Å². The monoisotopic (exact) mass is 453 g/mol. The predicted octanol–water partition coefficient (Wildman–Crippen LogP) is 5.01. The molecule has 1 fully saturated rings. The molecule has 2 aromatic carbocycles. The minimum Gasteiger partial charge on any atom is -0.394 e. The van der Waals surface area contributed by atoms with Crippen molar-refractivity contribution in [1.82, 2.24) is 14.1 Å². The Labute approximate surface area is 200 Å². The highest BCUT2D eigenvalue weighted by Gasteiger charge is 2.27. The van der Waals surface area contributed by atoms with Crippen LogP contribution in [0.4, 0.5) is 0 Å². The third-order valence-electron chi connectivity index (χ3n) is 6.80. The summed E-state index contributed by atoms with van der Waals surface area (Å²) >= 11 is 0. The van der Waals surface area contributed by atoms with E-state index in [9.17, 15) is 9.90 Å². The average molecular weight is 454 g/mol. The molecule has 1 N–H and O–H groups in total. The number of nitrogens with zero attached hydrogens (tertiary/aromatic N) is 3. The largest absolute Gasteiger partial charge is 0.394 e. The lowest BCUT2D eigenvalue weighted by Crippen LogP contribution is -2.30. The molecule has 0 radical (unpaired) electrons. The van der Waals surface area contributed by atoms with Crippen molar-refractivity contribution in [2.75, 3.05) is 6.61 Å². The molecule has 1 aliphatic rings. The Morgan fingerprint density at radius 1 is 1.03 bits per heavy atom. The van der Waals surface area contributed by atoms with Gasteiger partial charge in [0.25, 0.3) is 5.56 Å². The van der Waals surface area contributed by atoms with Gasteiger partial charge in [-0.05, 0) is 73.9 Å². The molecule has 4 aromatic rings. The number of rotatable bonds is 7. The van der Waals surface area contributed by atoms with Gasteiger partial charge in [0.05, 0.1) is 24.7 Å². The molecule has 1 atom stereocenters. The normalized spacial score (nSPS) is 14.4. The first-order chi connectivity index (χ1) is 16.4. The van der Waals surface area contributed by atoms with E-state index in [1.807, 2.05) is 61.4 Å². The lowest BCUT2D eigenvalue weighted by Gasteiger charge is -2.21. The molecule has 0 amide bonds. The lowest BCUT2D eigenvalue weighted by atomic mass is 9.99. The number of hydrogen-bond acceptors (Lipinski definition) is 3. The molecule has 2 aromatic heterocycles. The number of aryl methyl sites for hydroxylation is 3. The van der Waals surface area contributed by atoms with Gasteiger partial charge in [-0.25, -0.2) is 4.98 Å². The summed E-state index contributed by atoms with van der Waals surface area (Å²) in [5, 5.41) is 10.3. The van der Waals surface area contributed by atoms with Crippen LogP contribution in [0.1, 0.15) is 63.9 Å². The number of benzene rings is 2. The topological polar surface area (TPSA) is 60.1 Å². The third kappa shape index (κ3) is 4.48. The molecule has 0 aliphatic heterocycles. The molecule has 5 rings (SSSR count). The minimum absolute atomic E-state index is 0.0315. The van der Waals surface area contributed by atoms with Crippen LogP contribution in [0.3, 0.4) is 0 Å². The van der Waals surface area contributed by atoms with Crippen molar-refractivity contribution in [3.05, 3.63) is 117 Å². The number of aromatic nitrogens is 3. The van der Waals surface area contributed by atoms with Gasteiger partial charge in [0, 0.05) is 30.1 Å². The van der Waals surface area contributed by atoms with Gasteiger partial charge >= 0.3 is 0 Å². The van der Waals surface area contributed by atoms with Crippen molar-refractivity contribution < 1.29 is 5.11 Å². The van der Waals surface area contributed by atoms with Gasteiger partial charge in [0.15, 0.2) is 0 Å². The summed E-state index contributed by atoms with van der Waals surface area (Å²) in [6, 6.07) is 16.1. The Morgan fingerprint density at radius 3 is 2.41 bits per heavy atom. The fourth-order valence-electron chi connectivity index (χ4n) is 4.72. The maximum atomic E-state index is 13.6. The molecule has 2 heterocycles. The van der Waals surface area contributed by atoms with Crippen molar-refractivity contribution in [2.45, 2.75) is 52.0 Å². The molecular weight excluding hydrogens is 422 g/mol. The molecule has 0 spiro atoms. The summed E-state index contributed by atoms with van der Waals surface area (Å²) in [7, 11) is 0. The fourth-order valence-corrected chi connectivity index (χ4v) is 4.72. The highest BCUT2D eigenvalue weighted by Crippen LogP contribution is 2.40. The molecule has 0 bridgehead atoms. The van der Waals surface area contributed by atoms with E-state index in [-0.39, 0.29) is 18.2 Å². The summed E-state index contributed by atoms with van der Waals surface area (Å²) in [5.41, 5.74) is 8.36. The second-order valence-electron chi connectivity index (χ2n) is 9.61. The van der Waals surface area contributed by atoms with Crippen LogP contribution >= 0.6 is 0 Å². The van der Waals surface area contributed by atoms with Crippen molar-refractivity contribution in [3.63, 3.8) is 0 Å². The quantitative estimate of drug-likeness (QED) is 0.428. The van der Waals surface area contributed by atoms with Gasteiger partial charge in [-0.3, -0.25) is 4.79 Å². The van der Waals surface area contributed by atoms with Crippen LogP contribution in [-0.2, 0) is 6.42 Å². The Morgan fingerprint density at radius 2 is 1.79 bits per heavy atom. The van der Waals surface area contributed by atoms with Crippen LogP contribution in [0.25, 0.3) is 5.69 Å². The number of imidazole rings is 1. The second-order valence-corrected chi connectivity index (χ2v) is 9.61. The van der Waals surface area contributed by atoms with Crippen molar-refractivity contribution >= 4 is 0 Å². The molecule has 0 saturated heterocycles. The van der Waals surface area contributed by atoms with E-state index in [4.69, 9.17) is 0 Å². The Bertz CT molecular complexity index is 1380. The van der Waals surface area contributed by atoms with Crippen LogP contribution in [-0.4, -0.2) is 25.8 Å². The van der Waals surface area contributed by atoms with Gasteiger partial charge in [-0.15, -0.1) is 0 Å². The number of aliphatic hydroxyl groups is 1. The number of pyridine rings is 1. The maximum absolute atomic E-state index is 13.6. The van der Waals surface area contributed by atoms with E-state index >= 15 is 0 Å². The van der Waals surface area contributed by atoms with Crippen LogP contribution in [0.15, 0.2) is 72.0 Å². The predicted molar refractivity (Wildman–Crippen MR) is 135 cm³/mol. The summed E-state index contributed by atoms with van der Waals surface area (Å²) in [4.78, 5) is 18.0. The maximum Gasteiger partial charge on any atom is 0.254 e. The van der Waals surface area contributed by atoms with Gasteiger partial charge in [-0.1, -0.05) is 42.0 Å². The van der Waals surface area contributed by atoms with E-state index in [2.05, 4.69) is 36.2 Å². The van der Waals surface area contributed by atoms with Crippen LogP contribution in [0.5, 0.6) is 0 Å². The Hall–Kier alpha value is -3.44. The molecule has 0 unspecified atom stereocenters. The van der Waals surface area contributed by atoms with Gasteiger partial charge in [-0.2, -0.15) is 0 Å². The standard InChI is InChI=1S/C29H31N3O2/c1-19-4-7-24(8-5-19)28(17-33)32-16-26(23-9-10-23)14-25(29(32)34)13-22-6-11-27(20(2)12-22)31-15-21(3)30-18-31/h4-8,11-12,14-16,18,23,28,33H,9-10,13,17H2,1-3H3/t28-/m0/s1. The molecule has 1 aliphatic carbocycles. The average Bonchev–Trinajstić information content (AvgIpc) is 3.58. The zero-order valence-electron chi connectivity index (χ0n) is 20.0.